The minimum atomic E-state index is -0.421. The van der Waals surface area contributed by atoms with E-state index in [4.69, 9.17) is 4.74 Å². The number of halogens is 1. The molecule has 1 aliphatic rings. The number of ether oxygens (including phenoxy) is 1. The predicted molar refractivity (Wildman–Crippen MR) is 101 cm³/mol. The van der Waals surface area contributed by atoms with Crippen molar-refractivity contribution in [3.63, 3.8) is 0 Å². The third-order valence-corrected chi connectivity index (χ3v) is 5.81. The number of carbonyl (C=O) groups excluding carboxylic acids is 1. The quantitative estimate of drug-likeness (QED) is 0.744. The van der Waals surface area contributed by atoms with E-state index in [-0.39, 0.29) is 11.8 Å². The van der Waals surface area contributed by atoms with Crippen LogP contribution in [0.4, 0.5) is 4.39 Å². The van der Waals surface area contributed by atoms with Gasteiger partial charge in [-0.15, -0.1) is 0 Å². The number of hydrogen-bond donors (Lipinski definition) is 1. The van der Waals surface area contributed by atoms with Crippen LogP contribution >= 0.6 is 11.8 Å². The summed E-state index contributed by atoms with van der Waals surface area (Å²) in [6, 6.07) is 7.79. The molecule has 0 radical (unpaired) electrons. The third kappa shape index (κ3) is 6.63. The average molecular weight is 369 g/mol. The van der Waals surface area contributed by atoms with Crippen molar-refractivity contribution in [2.24, 2.45) is 0 Å². The van der Waals surface area contributed by atoms with Gasteiger partial charge >= 0.3 is 5.97 Å². The molecule has 3 unspecified atom stereocenters. The summed E-state index contributed by atoms with van der Waals surface area (Å²) in [6.07, 6.45) is 3.76. The van der Waals surface area contributed by atoms with Gasteiger partial charge in [-0.25, -0.2) is 4.39 Å². The largest absolute Gasteiger partial charge is 0.460 e. The Hall–Kier alpha value is -1.07. The van der Waals surface area contributed by atoms with Gasteiger partial charge in [0.1, 0.15) is 17.5 Å². The van der Waals surface area contributed by atoms with Crippen LogP contribution in [0.2, 0.25) is 0 Å². The van der Waals surface area contributed by atoms with Crippen molar-refractivity contribution < 1.29 is 19.2 Å². The number of carbonyl (C=O) groups is 1. The minimum absolute atomic E-state index is 0.129. The fourth-order valence-electron chi connectivity index (χ4n) is 3.40. The Kier molecular flexibility index (Phi) is 7.32. The Morgan fingerprint density at radius 1 is 1.40 bits per heavy atom. The van der Waals surface area contributed by atoms with Gasteiger partial charge in [-0.2, -0.15) is 11.8 Å². The second-order valence-electron chi connectivity index (χ2n) is 7.79. The van der Waals surface area contributed by atoms with Crippen molar-refractivity contribution in [1.29, 1.82) is 0 Å². The molecule has 1 aromatic carbocycles. The number of hydrogen-bond acceptors (Lipinski definition) is 3. The Balaban J connectivity index is 1.89. The topological polar surface area (TPSA) is 42.9 Å². The normalized spacial score (nSPS) is 23.6. The first-order valence-corrected chi connectivity index (χ1v) is 10.3. The number of nitrogens with two attached hydrogens (primary N) is 1. The van der Waals surface area contributed by atoms with Crippen LogP contribution in [0, 0.1) is 5.82 Å². The summed E-state index contributed by atoms with van der Waals surface area (Å²) in [4.78, 5) is 11.9. The summed E-state index contributed by atoms with van der Waals surface area (Å²) in [7, 11) is 0. The monoisotopic (exact) mass is 368 g/mol. The maximum Gasteiger partial charge on any atom is 0.307 e. The molecule has 0 spiro atoms. The highest BCUT2D eigenvalue weighted by Crippen LogP contribution is 2.31. The lowest BCUT2D eigenvalue weighted by Crippen LogP contribution is -2.88. The molecular formula is C20H31FNO2S+. The van der Waals surface area contributed by atoms with Crippen LogP contribution < -0.4 is 5.32 Å². The van der Waals surface area contributed by atoms with Crippen molar-refractivity contribution in [1.82, 2.24) is 0 Å². The van der Waals surface area contributed by atoms with Crippen molar-refractivity contribution in [3.8, 4) is 0 Å². The molecule has 0 bridgehead atoms. The summed E-state index contributed by atoms with van der Waals surface area (Å²) < 4.78 is 18.9. The molecule has 3 nitrogen and oxygen atoms in total. The molecule has 140 valence electrons. The summed E-state index contributed by atoms with van der Waals surface area (Å²) in [5.41, 5.74) is 0.646. The first kappa shape index (κ1) is 20.2. The Morgan fingerprint density at radius 3 is 2.80 bits per heavy atom. The van der Waals surface area contributed by atoms with Gasteiger partial charge in [0.2, 0.25) is 0 Å². The molecule has 1 aromatic rings. The molecule has 1 heterocycles. The standard InChI is InChI=1S/C20H30FNO2S/c1-5-7-16-18(25-11-10-19(23)24-20(2,3)4)13-17(22-16)14-8-6-9-15(21)12-14/h6,8-9,12,16-18,22H,5,7,10-11,13H2,1-4H3/p+1. The number of benzene rings is 1. The van der Waals surface area contributed by atoms with E-state index in [1.807, 2.05) is 38.6 Å². The minimum Gasteiger partial charge on any atom is -0.460 e. The van der Waals surface area contributed by atoms with E-state index in [1.54, 1.807) is 12.1 Å². The lowest BCUT2D eigenvalue weighted by molar-refractivity contribution is -0.707. The van der Waals surface area contributed by atoms with Gasteiger partial charge in [0, 0.05) is 24.2 Å². The average Bonchev–Trinajstić information content (AvgIpc) is 2.89. The highest BCUT2D eigenvalue weighted by molar-refractivity contribution is 7.99. The molecule has 3 atom stereocenters. The first-order valence-electron chi connectivity index (χ1n) is 9.22. The van der Waals surface area contributed by atoms with Gasteiger partial charge in [-0.1, -0.05) is 25.5 Å². The Labute approximate surface area is 155 Å². The number of esters is 1. The second kappa shape index (κ2) is 9.04. The van der Waals surface area contributed by atoms with Crippen LogP contribution in [-0.2, 0) is 9.53 Å². The summed E-state index contributed by atoms with van der Waals surface area (Å²) in [6.45, 7) is 7.88. The Morgan fingerprint density at radius 2 is 2.16 bits per heavy atom. The number of rotatable bonds is 7. The van der Waals surface area contributed by atoms with Gasteiger partial charge in [0.25, 0.3) is 0 Å². The molecule has 2 rings (SSSR count). The van der Waals surface area contributed by atoms with Crippen molar-refractivity contribution >= 4 is 17.7 Å². The molecule has 0 aliphatic carbocycles. The molecule has 5 heteroatoms. The van der Waals surface area contributed by atoms with Gasteiger partial charge in [-0.05, 0) is 32.9 Å². The van der Waals surface area contributed by atoms with E-state index in [9.17, 15) is 9.18 Å². The van der Waals surface area contributed by atoms with E-state index < -0.39 is 5.60 Å². The fraction of sp³-hybridized carbons (Fsp3) is 0.650. The molecule has 2 N–H and O–H groups in total. The van der Waals surface area contributed by atoms with Crippen LogP contribution in [0.1, 0.15) is 65.0 Å². The van der Waals surface area contributed by atoms with Crippen LogP contribution in [0.25, 0.3) is 0 Å². The fourth-order valence-corrected chi connectivity index (χ4v) is 4.81. The molecule has 0 saturated carbocycles. The number of thioether (sulfide) groups is 1. The molecule has 1 saturated heterocycles. The smallest absolute Gasteiger partial charge is 0.307 e. The zero-order valence-electron chi connectivity index (χ0n) is 15.8. The second-order valence-corrected chi connectivity index (χ2v) is 9.13. The zero-order valence-corrected chi connectivity index (χ0v) is 16.6. The van der Waals surface area contributed by atoms with E-state index in [0.717, 1.165) is 30.6 Å². The zero-order chi connectivity index (χ0) is 18.4. The van der Waals surface area contributed by atoms with E-state index in [0.29, 0.717) is 23.8 Å². The summed E-state index contributed by atoms with van der Waals surface area (Å²) in [5, 5.41) is 2.89. The van der Waals surface area contributed by atoms with E-state index in [1.165, 1.54) is 6.07 Å². The SMILES string of the molecule is CCCC1[NH2+]C(c2cccc(F)c2)CC1SCCC(=O)OC(C)(C)C. The van der Waals surface area contributed by atoms with E-state index >= 15 is 0 Å². The summed E-state index contributed by atoms with van der Waals surface area (Å²) in [5.74, 6) is 0.485. The van der Waals surface area contributed by atoms with Crippen LogP contribution in [-0.4, -0.2) is 28.6 Å². The maximum absolute atomic E-state index is 13.5. The summed E-state index contributed by atoms with van der Waals surface area (Å²) >= 11 is 1.86. The molecule has 1 fully saturated rings. The molecule has 0 amide bonds. The van der Waals surface area contributed by atoms with Crippen LogP contribution in [0.15, 0.2) is 24.3 Å². The lowest BCUT2D eigenvalue weighted by Gasteiger charge is -2.20. The van der Waals surface area contributed by atoms with Crippen molar-refractivity contribution in [2.75, 3.05) is 5.75 Å². The van der Waals surface area contributed by atoms with Crippen molar-refractivity contribution in [2.45, 2.75) is 76.3 Å². The van der Waals surface area contributed by atoms with E-state index in [2.05, 4.69) is 12.2 Å². The highest BCUT2D eigenvalue weighted by Gasteiger charge is 2.38. The van der Waals surface area contributed by atoms with Gasteiger partial charge in [0.05, 0.1) is 17.7 Å². The van der Waals surface area contributed by atoms with Crippen molar-refractivity contribution in [3.05, 3.63) is 35.6 Å². The van der Waals surface area contributed by atoms with Crippen LogP contribution in [0.5, 0.6) is 0 Å². The predicted octanol–water partition coefficient (Wildman–Crippen LogP) is 3.84. The third-order valence-electron chi connectivity index (χ3n) is 4.40. The lowest BCUT2D eigenvalue weighted by atomic mass is 10.0. The van der Waals surface area contributed by atoms with Gasteiger partial charge in [-0.3, -0.25) is 4.79 Å². The number of quaternary nitrogens is 1. The maximum atomic E-state index is 13.5. The Bertz CT molecular complexity index is 573. The van der Waals surface area contributed by atoms with Crippen LogP contribution in [0.3, 0.4) is 0 Å². The molecular weight excluding hydrogens is 337 g/mol. The van der Waals surface area contributed by atoms with Gasteiger partial charge < -0.3 is 10.1 Å². The first-order chi connectivity index (χ1) is 11.8. The molecule has 1 aliphatic heterocycles. The highest BCUT2D eigenvalue weighted by atomic mass is 32.2. The van der Waals surface area contributed by atoms with Gasteiger partial charge in [0.15, 0.2) is 0 Å². The molecule has 0 aromatic heterocycles. The molecule has 25 heavy (non-hydrogen) atoms.